The Morgan fingerprint density at radius 3 is 2.55 bits per heavy atom. The molecule has 2 saturated carbocycles. The van der Waals surface area contributed by atoms with Crippen molar-refractivity contribution >= 4 is 5.78 Å². The monoisotopic (exact) mass is 268 g/mol. The molecule has 2 fully saturated rings. The van der Waals surface area contributed by atoms with Gasteiger partial charge in [-0.15, -0.1) is 0 Å². The number of carbonyl (C=O) groups excluding carboxylic acids is 1. The molecule has 1 heteroatoms. The van der Waals surface area contributed by atoms with Crippen molar-refractivity contribution < 1.29 is 4.79 Å². The van der Waals surface area contributed by atoms with Crippen LogP contribution in [0, 0.1) is 17.8 Å². The van der Waals surface area contributed by atoms with E-state index in [0.717, 1.165) is 18.3 Å². The Kier molecular flexibility index (Phi) is 3.17. The smallest absolute Gasteiger partial charge is 0.137 e. The maximum Gasteiger partial charge on any atom is 0.137 e. The highest BCUT2D eigenvalue weighted by atomic mass is 16.1. The van der Waals surface area contributed by atoms with Crippen LogP contribution in [0.3, 0.4) is 0 Å². The van der Waals surface area contributed by atoms with E-state index in [2.05, 4.69) is 24.3 Å². The van der Waals surface area contributed by atoms with Crippen molar-refractivity contribution in [2.45, 2.75) is 57.3 Å². The number of carbonyl (C=O) groups is 1. The Balaban J connectivity index is 1.46. The molecule has 0 aromatic heterocycles. The average Bonchev–Trinajstić information content (AvgIpc) is 3.22. The van der Waals surface area contributed by atoms with Gasteiger partial charge in [0, 0.05) is 12.3 Å². The third-order valence-electron chi connectivity index (χ3n) is 5.97. The second-order valence-electron chi connectivity index (χ2n) is 7.10. The molecule has 3 atom stereocenters. The summed E-state index contributed by atoms with van der Waals surface area (Å²) >= 11 is 0. The summed E-state index contributed by atoms with van der Waals surface area (Å²) in [7, 11) is 0. The molecule has 1 aromatic rings. The number of Topliss-reactive ketones (excluding diaryl/α,β-unsaturated/α-hetero) is 1. The number of rotatable bonds is 3. The Hall–Kier alpha value is -1.11. The highest BCUT2D eigenvalue weighted by Gasteiger charge is 2.54. The van der Waals surface area contributed by atoms with E-state index in [9.17, 15) is 4.79 Å². The van der Waals surface area contributed by atoms with Crippen molar-refractivity contribution in [2.75, 3.05) is 0 Å². The number of hydrogen-bond donors (Lipinski definition) is 0. The van der Waals surface area contributed by atoms with Crippen LogP contribution in [0.2, 0.25) is 0 Å². The highest BCUT2D eigenvalue weighted by Crippen LogP contribution is 2.56. The molecule has 0 radical (unpaired) electrons. The molecular formula is C19H24O. The molecule has 3 aliphatic rings. The molecule has 20 heavy (non-hydrogen) atoms. The maximum absolute atomic E-state index is 12.6. The first-order valence-electron chi connectivity index (χ1n) is 8.45. The van der Waals surface area contributed by atoms with E-state index in [-0.39, 0.29) is 0 Å². The summed E-state index contributed by atoms with van der Waals surface area (Å²) in [6, 6.07) is 8.78. The lowest BCUT2D eigenvalue weighted by Gasteiger charge is -2.25. The molecule has 1 nitrogen and oxygen atoms in total. The van der Waals surface area contributed by atoms with Gasteiger partial charge in [0.1, 0.15) is 5.78 Å². The van der Waals surface area contributed by atoms with Gasteiger partial charge in [-0.1, -0.05) is 37.1 Å². The third-order valence-corrected chi connectivity index (χ3v) is 5.97. The maximum atomic E-state index is 12.6. The summed E-state index contributed by atoms with van der Waals surface area (Å²) in [6.07, 6.45) is 9.85. The molecule has 0 saturated heterocycles. The van der Waals surface area contributed by atoms with Crippen LogP contribution in [0.1, 0.15) is 62.0 Å². The molecule has 3 aliphatic carbocycles. The van der Waals surface area contributed by atoms with Crippen molar-refractivity contribution in [3.8, 4) is 0 Å². The van der Waals surface area contributed by atoms with Gasteiger partial charge < -0.3 is 0 Å². The van der Waals surface area contributed by atoms with Gasteiger partial charge in [-0.3, -0.25) is 4.79 Å². The van der Waals surface area contributed by atoms with E-state index < -0.39 is 0 Å². The summed E-state index contributed by atoms with van der Waals surface area (Å²) in [5, 5.41) is 0. The van der Waals surface area contributed by atoms with Gasteiger partial charge in [0.15, 0.2) is 0 Å². The van der Waals surface area contributed by atoms with Gasteiger partial charge in [-0.05, 0) is 61.0 Å². The molecule has 0 aliphatic heterocycles. The zero-order valence-electron chi connectivity index (χ0n) is 12.2. The normalized spacial score (nSPS) is 35.0. The zero-order chi connectivity index (χ0) is 13.5. The van der Waals surface area contributed by atoms with Crippen LogP contribution in [0.4, 0.5) is 0 Å². The van der Waals surface area contributed by atoms with Crippen molar-refractivity contribution in [3.05, 3.63) is 35.4 Å². The van der Waals surface area contributed by atoms with Gasteiger partial charge in [-0.25, -0.2) is 0 Å². The fourth-order valence-electron chi connectivity index (χ4n) is 4.92. The largest absolute Gasteiger partial charge is 0.299 e. The summed E-state index contributed by atoms with van der Waals surface area (Å²) in [5.74, 6) is 3.09. The Morgan fingerprint density at radius 1 is 1.00 bits per heavy atom. The standard InChI is InChI=1S/C19H24O/c20-18(19-16-10-3-4-11-17(16)19)12-14-8-5-7-13-6-1-2-9-15(13)14/h1-2,6,9,14,16-17,19H,3-5,7-8,10-12H2. The predicted molar refractivity (Wildman–Crippen MR) is 80.7 cm³/mol. The molecule has 0 bridgehead atoms. The number of fused-ring (bicyclic) bond motifs is 2. The van der Waals surface area contributed by atoms with Crippen LogP contribution in [0.25, 0.3) is 0 Å². The van der Waals surface area contributed by atoms with E-state index in [1.54, 1.807) is 0 Å². The van der Waals surface area contributed by atoms with Crippen LogP contribution < -0.4 is 0 Å². The fourth-order valence-corrected chi connectivity index (χ4v) is 4.92. The number of aryl methyl sites for hydroxylation is 1. The molecule has 106 valence electrons. The van der Waals surface area contributed by atoms with Gasteiger partial charge in [0.25, 0.3) is 0 Å². The Labute approximate surface area is 121 Å². The van der Waals surface area contributed by atoms with E-state index in [1.165, 1.54) is 56.1 Å². The lowest BCUT2D eigenvalue weighted by Crippen LogP contribution is -2.15. The molecule has 0 heterocycles. The summed E-state index contributed by atoms with van der Waals surface area (Å²) < 4.78 is 0. The topological polar surface area (TPSA) is 17.1 Å². The second-order valence-corrected chi connectivity index (χ2v) is 7.10. The summed E-state index contributed by atoms with van der Waals surface area (Å²) in [5.41, 5.74) is 2.96. The molecule has 3 unspecified atom stereocenters. The first kappa shape index (κ1) is 12.6. The summed E-state index contributed by atoms with van der Waals surface area (Å²) in [4.78, 5) is 12.6. The summed E-state index contributed by atoms with van der Waals surface area (Å²) in [6.45, 7) is 0. The SMILES string of the molecule is O=C(CC1CCCc2ccccc21)C1C2CCCCC21. The zero-order valence-corrected chi connectivity index (χ0v) is 12.2. The molecule has 0 spiro atoms. The lowest BCUT2D eigenvalue weighted by molar-refractivity contribution is -0.121. The van der Waals surface area contributed by atoms with Crippen LogP contribution in [0.15, 0.2) is 24.3 Å². The van der Waals surface area contributed by atoms with Crippen molar-refractivity contribution in [3.63, 3.8) is 0 Å². The third kappa shape index (κ3) is 2.12. The highest BCUT2D eigenvalue weighted by molar-refractivity contribution is 5.85. The molecule has 0 amide bonds. The van der Waals surface area contributed by atoms with Crippen molar-refractivity contribution in [1.29, 1.82) is 0 Å². The quantitative estimate of drug-likeness (QED) is 0.788. The van der Waals surface area contributed by atoms with Crippen molar-refractivity contribution in [1.82, 2.24) is 0 Å². The molecular weight excluding hydrogens is 244 g/mol. The minimum atomic E-state index is 0.451. The van der Waals surface area contributed by atoms with E-state index in [4.69, 9.17) is 0 Å². The number of benzene rings is 1. The van der Waals surface area contributed by atoms with E-state index in [0.29, 0.717) is 17.6 Å². The van der Waals surface area contributed by atoms with Crippen LogP contribution in [-0.2, 0) is 11.2 Å². The molecule has 0 N–H and O–H groups in total. The van der Waals surface area contributed by atoms with Crippen LogP contribution in [-0.4, -0.2) is 5.78 Å². The van der Waals surface area contributed by atoms with Gasteiger partial charge in [-0.2, -0.15) is 0 Å². The minimum absolute atomic E-state index is 0.451. The Bertz CT molecular complexity index is 506. The molecule has 4 rings (SSSR count). The molecule has 1 aromatic carbocycles. The lowest BCUT2D eigenvalue weighted by atomic mass is 9.79. The van der Waals surface area contributed by atoms with E-state index >= 15 is 0 Å². The van der Waals surface area contributed by atoms with Crippen LogP contribution in [0.5, 0.6) is 0 Å². The van der Waals surface area contributed by atoms with Crippen molar-refractivity contribution in [2.24, 2.45) is 17.8 Å². The number of ketones is 1. The van der Waals surface area contributed by atoms with Crippen LogP contribution >= 0.6 is 0 Å². The van der Waals surface area contributed by atoms with Gasteiger partial charge >= 0.3 is 0 Å². The van der Waals surface area contributed by atoms with Gasteiger partial charge in [0.05, 0.1) is 0 Å². The predicted octanol–water partition coefficient (Wildman–Crippen LogP) is 4.50. The first-order chi connectivity index (χ1) is 9.84. The second kappa shape index (κ2) is 5.02. The minimum Gasteiger partial charge on any atom is -0.299 e. The number of hydrogen-bond acceptors (Lipinski definition) is 1. The average molecular weight is 268 g/mol. The van der Waals surface area contributed by atoms with E-state index in [1.807, 2.05) is 0 Å². The first-order valence-corrected chi connectivity index (χ1v) is 8.45. The Morgan fingerprint density at radius 2 is 1.75 bits per heavy atom. The van der Waals surface area contributed by atoms with Gasteiger partial charge in [0.2, 0.25) is 0 Å². The fraction of sp³-hybridized carbons (Fsp3) is 0.632.